The molecule has 12 heavy (non-hydrogen) atoms. The van der Waals surface area contributed by atoms with E-state index in [0.29, 0.717) is 0 Å². The first-order valence-electron chi connectivity index (χ1n) is 5.53. The smallest absolute Gasteiger partial charge is 0.0348 e. The molecule has 0 rings (SSSR count). The average molecular weight is 168 g/mol. The molecule has 0 heterocycles. The van der Waals surface area contributed by atoms with E-state index >= 15 is 0 Å². The van der Waals surface area contributed by atoms with Gasteiger partial charge in [-0.05, 0) is 25.7 Å². The summed E-state index contributed by atoms with van der Waals surface area (Å²) in [6.45, 7) is 6.77. The van der Waals surface area contributed by atoms with Gasteiger partial charge in [0.2, 0.25) is 0 Å². The molecule has 72 valence electrons. The first-order chi connectivity index (χ1) is 5.85. The first kappa shape index (κ1) is 11.7. The molecule has 0 radical (unpaired) electrons. The van der Waals surface area contributed by atoms with Gasteiger partial charge >= 0.3 is 0 Å². The fraction of sp³-hybridized carbons (Fsp3) is 0.833. The highest BCUT2D eigenvalue weighted by molar-refractivity contribution is 4.99. The predicted molar refractivity (Wildman–Crippen MR) is 57.4 cm³/mol. The van der Waals surface area contributed by atoms with Crippen LogP contribution >= 0.6 is 0 Å². The van der Waals surface area contributed by atoms with Crippen LogP contribution < -0.4 is 0 Å². The van der Waals surface area contributed by atoms with Crippen LogP contribution in [-0.2, 0) is 0 Å². The molecule has 0 saturated carbocycles. The van der Waals surface area contributed by atoms with E-state index in [2.05, 4.69) is 26.8 Å². The van der Waals surface area contributed by atoms with E-state index in [1.165, 1.54) is 44.9 Å². The minimum atomic E-state index is 1.24. The van der Waals surface area contributed by atoms with Gasteiger partial charge in [0.15, 0.2) is 0 Å². The van der Waals surface area contributed by atoms with Crippen molar-refractivity contribution in [3.63, 3.8) is 0 Å². The second-order valence-corrected chi connectivity index (χ2v) is 3.42. The monoisotopic (exact) mass is 168 g/mol. The highest BCUT2D eigenvalue weighted by Crippen LogP contribution is 2.10. The Kier molecular flexibility index (Phi) is 8.64. The number of hydrogen-bond donors (Lipinski definition) is 0. The lowest BCUT2D eigenvalue weighted by molar-refractivity contribution is 0.672. The molecule has 0 aromatic heterocycles. The normalized spacial score (nSPS) is 9.92. The summed E-state index contributed by atoms with van der Waals surface area (Å²) in [6, 6.07) is 0. The summed E-state index contributed by atoms with van der Waals surface area (Å²) in [4.78, 5) is 0. The third-order valence-corrected chi connectivity index (χ3v) is 2.40. The molecule has 0 aromatic rings. The highest BCUT2D eigenvalue weighted by Gasteiger charge is 1.89. The first-order valence-corrected chi connectivity index (χ1v) is 5.53. The molecule has 0 aliphatic rings. The fourth-order valence-electron chi connectivity index (χ4n) is 1.42. The van der Waals surface area contributed by atoms with Crippen LogP contribution in [0.5, 0.6) is 0 Å². The molecular weight excluding hydrogens is 144 g/mol. The standard InChI is InChI=1S/C12H24/c1-4-7-8-9-10-11-12(5-2)6-3/h11H,4-10H2,1-3H3. The Morgan fingerprint density at radius 3 is 2.08 bits per heavy atom. The molecule has 0 N–H and O–H groups in total. The SMILES string of the molecule is CCCCCCC=C(CC)CC. The lowest BCUT2D eigenvalue weighted by Crippen LogP contribution is -1.79. The van der Waals surface area contributed by atoms with E-state index in [0.717, 1.165) is 0 Å². The van der Waals surface area contributed by atoms with E-state index in [1.54, 1.807) is 5.57 Å². The van der Waals surface area contributed by atoms with Gasteiger partial charge in [0.25, 0.3) is 0 Å². The third-order valence-electron chi connectivity index (χ3n) is 2.40. The summed E-state index contributed by atoms with van der Waals surface area (Å²) < 4.78 is 0. The predicted octanol–water partition coefficient (Wildman–Crippen LogP) is 4.70. The second-order valence-electron chi connectivity index (χ2n) is 3.42. The number of allylic oxidation sites excluding steroid dienone is 2. The molecule has 0 fully saturated rings. The zero-order valence-corrected chi connectivity index (χ0v) is 9.03. The topological polar surface area (TPSA) is 0 Å². The van der Waals surface area contributed by atoms with Crippen LogP contribution in [0.25, 0.3) is 0 Å². The van der Waals surface area contributed by atoms with Crippen LogP contribution in [0, 0.1) is 0 Å². The van der Waals surface area contributed by atoms with Crippen molar-refractivity contribution in [2.45, 2.75) is 65.7 Å². The molecule has 0 nitrogen and oxygen atoms in total. The van der Waals surface area contributed by atoms with Gasteiger partial charge in [-0.3, -0.25) is 0 Å². The maximum atomic E-state index is 2.44. The summed E-state index contributed by atoms with van der Waals surface area (Å²) in [5, 5.41) is 0. The summed E-state index contributed by atoms with van der Waals surface area (Å²) >= 11 is 0. The van der Waals surface area contributed by atoms with E-state index in [-0.39, 0.29) is 0 Å². The van der Waals surface area contributed by atoms with Gasteiger partial charge in [-0.2, -0.15) is 0 Å². The summed E-state index contributed by atoms with van der Waals surface area (Å²) in [7, 11) is 0. The van der Waals surface area contributed by atoms with Crippen molar-refractivity contribution in [3.05, 3.63) is 11.6 Å². The van der Waals surface area contributed by atoms with Crippen molar-refractivity contribution in [1.82, 2.24) is 0 Å². The molecule has 0 heteroatoms. The lowest BCUT2D eigenvalue weighted by atomic mass is 10.1. The summed E-state index contributed by atoms with van der Waals surface area (Å²) in [5.74, 6) is 0. The fourth-order valence-corrected chi connectivity index (χ4v) is 1.42. The molecule has 0 bridgehead atoms. The Labute approximate surface area is 78.1 Å². The van der Waals surface area contributed by atoms with Gasteiger partial charge in [0.05, 0.1) is 0 Å². The van der Waals surface area contributed by atoms with Crippen molar-refractivity contribution in [3.8, 4) is 0 Å². The zero-order valence-electron chi connectivity index (χ0n) is 9.03. The van der Waals surface area contributed by atoms with E-state index < -0.39 is 0 Å². The van der Waals surface area contributed by atoms with Crippen molar-refractivity contribution >= 4 is 0 Å². The van der Waals surface area contributed by atoms with Crippen LogP contribution in [0.15, 0.2) is 11.6 Å². The van der Waals surface area contributed by atoms with Crippen LogP contribution in [0.3, 0.4) is 0 Å². The van der Waals surface area contributed by atoms with Crippen molar-refractivity contribution < 1.29 is 0 Å². The minimum Gasteiger partial charge on any atom is -0.0854 e. The van der Waals surface area contributed by atoms with Gasteiger partial charge in [0.1, 0.15) is 0 Å². The molecule has 0 aliphatic heterocycles. The van der Waals surface area contributed by atoms with E-state index in [1.807, 2.05) is 0 Å². The lowest BCUT2D eigenvalue weighted by Gasteiger charge is -1.99. The Morgan fingerprint density at radius 2 is 1.58 bits per heavy atom. The third kappa shape index (κ3) is 6.45. The largest absolute Gasteiger partial charge is 0.0854 e. The maximum Gasteiger partial charge on any atom is -0.0348 e. The minimum absolute atomic E-state index is 1.24. The van der Waals surface area contributed by atoms with Gasteiger partial charge in [-0.1, -0.05) is 51.7 Å². The van der Waals surface area contributed by atoms with Gasteiger partial charge in [-0.15, -0.1) is 0 Å². The van der Waals surface area contributed by atoms with E-state index in [9.17, 15) is 0 Å². The second kappa shape index (κ2) is 8.83. The molecule has 0 aliphatic carbocycles. The van der Waals surface area contributed by atoms with Gasteiger partial charge < -0.3 is 0 Å². The molecule has 0 aromatic carbocycles. The average Bonchev–Trinajstić information content (AvgIpc) is 2.11. The maximum absolute atomic E-state index is 2.44. The Balaban J connectivity index is 3.31. The number of unbranched alkanes of at least 4 members (excludes halogenated alkanes) is 4. The van der Waals surface area contributed by atoms with Crippen LogP contribution in [0.2, 0.25) is 0 Å². The van der Waals surface area contributed by atoms with Crippen LogP contribution in [0.4, 0.5) is 0 Å². The quantitative estimate of drug-likeness (QED) is 0.382. The summed E-state index contributed by atoms with van der Waals surface area (Å²) in [5.41, 5.74) is 1.63. The number of rotatable bonds is 7. The Bertz CT molecular complexity index is 105. The van der Waals surface area contributed by atoms with Crippen molar-refractivity contribution in [2.75, 3.05) is 0 Å². The Morgan fingerprint density at radius 1 is 0.917 bits per heavy atom. The molecule has 0 amide bonds. The van der Waals surface area contributed by atoms with Crippen LogP contribution in [0.1, 0.15) is 65.7 Å². The van der Waals surface area contributed by atoms with Gasteiger partial charge in [-0.25, -0.2) is 0 Å². The molecule has 0 atom stereocenters. The molecule has 0 saturated heterocycles. The zero-order chi connectivity index (χ0) is 9.23. The van der Waals surface area contributed by atoms with Crippen molar-refractivity contribution in [2.24, 2.45) is 0 Å². The number of hydrogen-bond acceptors (Lipinski definition) is 0. The molecular formula is C12H24. The Hall–Kier alpha value is -0.260. The summed E-state index contributed by atoms with van der Waals surface area (Å²) in [6.07, 6.45) is 11.8. The molecule has 0 unspecified atom stereocenters. The van der Waals surface area contributed by atoms with E-state index in [4.69, 9.17) is 0 Å². The van der Waals surface area contributed by atoms with Gasteiger partial charge in [0, 0.05) is 0 Å². The van der Waals surface area contributed by atoms with Crippen molar-refractivity contribution in [1.29, 1.82) is 0 Å². The van der Waals surface area contributed by atoms with Crippen LogP contribution in [-0.4, -0.2) is 0 Å². The molecule has 0 spiro atoms. The highest BCUT2D eigenvalue weighted by atomic mass is 14.0.